The molecule has 0 heterocycles. The minimum Gasteiger partial charge on any atom is -0.496 e. The molecule has 0 atom stereocenters. The van der Waals surface area contributed by atoms with Crippen molar-refractivity contribution in [3.8, 4) is 11.5 Å². The van der Waals surface area contributed by atoms with Crippen LogP contribution in [0.5, 0.6) is 11.5 Å². The number of rotatable bonds is 6. The monoisotopic (exact) mass is 240 g/mol. The molecule has 5 nitrogen and oxygen atoms in total. The van der Waals surface area contributed by atoms with E-state index in [0.717, 1.165) is 5.56 Å². The summed E-state index contributed by atoms with van der Waals surface area (Å²) >= 11 is 0. The van der Waals surface area contributed by atoms with Crippen molar-refractivity contribution < 1.29 is 24.1 Å². The maximum atomic E-state index is 10.7. The summed E-state index contributed by atoms with van der Waals surface area (Å²) in [5.74, 6) is 0.221. The standard InChI is InChI=1S/C12H16O5/c1-15-7-9-4-8(5-12(13)14)10(16-2)6-11(9)17-3/h4,6H,5,7H2,1-3H3,(H,13,14). The fourth-order valence-corrected chi connectivity index (χ4v) is 1.61. The number of carboxylic acid groups (broad SMARTS) is 1. The van der Waals surface area contributed by atoms with E-state index < -0.39 is 5.97 Å². The van der Waals surface area contributed by atoms with Crippen molar-refractivity contribution in [1.29, 1.82) is 0 Å². The number of hydrogen-bond acceptors (Lipinski definition) is 4. The van der Waals surface area contributed by atoms with Crippen LogP contribution < -0.4 is 9.47 Å². The van der Waals surface area contributed by atoms with E-state index in [1.54, 1.807) is 26.4 Å². The Hall–Kier alpha value is -1.75. The van der Waals surface area contributed by atoms with Crippen molar-refractivity contribution in [2.45, 2.75) is 13.0 Å². The van der Waals surface area contributed by atoms with Gasteiger partial charge in [0, 0.05) is 24.3 Å². The number of benzene rings is 1. The van der Waals surface area contributed by atoms with Crippen LogP contribution in [-0.4, -0.2) is 32.4 Å². The zero-order valence-corrected chi connectivity index (χ0v) is 10.1. The number of hydrogen-bond donors (Lipinski definition) is 1. The van der Waals surface area contributed by atoms with Crippen molar-refractivity contribution in [3.05, 3.63) is 23.3 Å². The van der Waals surface area contributed by atoms with Crippen molar-refractivity contribution in [3.63, 3.8) is 0 Å². The lowest BCUT2D eigenvalue weighted by atomic mass is 10.1. The second-order valence-corrected chi connectivity index (χ2v) is 3.48. The molecule has 0 radical (unpaired) electrons. The predicted molar refractivity (Wildman–Crippen MR) is 61.6 cm³/mol. The van der Waals surface area contributed by atoms with E-state index >= 15 is 0 Å². The van der Waals surface area contributed by atoms with Crippen LogP contribution in [0.3, 0.4) is 0 Å². The lowest BCUT2D eigenvalue weighted by molar-refractivity contribution is -0.136. The van der Waals surface area contributed by atoms with Crippen molar-refractivity contribution >= 4 is 5.97 Å². The maximum Gasteiger partial charge on any atom is 0.307 e. The molecule has 0 aromatic heterocycles. The molecule has 0 saturated carbocycles. The smallest absolute Gasteiger partial charge is 0.307 e. The van der Waals surface area contributed by atoms with E-state index in [4.69, 9.17) is 19.3 Å². The Morgan fingerprint density at radius 1 is 1.12 bits per heavy atom. The zero-order chi connectivity index (χ0) is 12.8. The predicted octanol–water partition coefficient (Wildman–Crippen LogP) is 1.48. The summed E-state index contributed by atoms with van der Waals surface area (Å²) in [7, 11) is 4.61. The number of carboxylic acids is 1. The summed E-state index contributed by atoms with van der Waals surface area (Å²) in [5.41, 5.74) is 1.40. The van der Waals surface area contributed by atoms with Crippen molar-refractivity contribution in [1.82, 2.24) is 0 Å². The SMILES string of the molecule is COCc1cc(CC(=O)O)c(OC)cc1OC. The molecular formula is C12H16O5. The summed E-state index contributed by atoms with van der Waals surface area (Å²) < 4.78 is 15.4. The summed E-state index contributed by atoms with van der Waals surface area (Å²) in [6, 6.07) is 3.40. The molecule has 0 amide bonds. The van der Waals surface area contributed by atoms with Crippen molar-refractivity contribution in [2.24, 2.45) is 0 Å². The Morgan fingerprint density at radius 3 is 2.18 bits per heavy atom. The highest BCUT2D eigenvalue weighted by atomic mass is 16.5. The van der Waals surface area contributed by atoms with Gasteiger partial charge in [-0.1, -0.05) is 0 Å². The van der Waals surface area contributed by atoms with Gasteiger partial charge in [0.15, 0.2) is 0 Å². The van der Waals surface area contributed by atoms with Gasteiger partial charge in [0.25, 0.3) is 0 Å². The first kappa shape index (κ1) is 13.3. The van der Waals surface area contributed by atoms with Crippen molar-refractivity contribution in [2.75, 3.05) is 21.3 Å². The zero-order valence-electron chi connectivity index (χ0n) is 10.1. The molecule has 5 heteroatoms. The second-order valence-electron chi connectivity index (χ2n) is 3.48. The van der Waals surface area contributed by atoms with Gasteiger partial charge >= 0.3 is 5.97 Å². The molecule has 0 aliphatic heterocycles. The first-order valence-electron chi connectivity index (χ1n) is 5.06. The van der Waals surface area contributed by atoms with E-state index in [-0.39, 0.29) is 6.42 Å². The van der Waals surface area contributed by atoms with Crippen LogP contribution in [0.1, 0.15) is 11.1 Å². The molecule has 0 spiro atoms. The van der Waals surface area contributed by atoms with Gasteiger partial charge in [0.2, 0.25) is 0 Å². The first-order chi connectivity index (χ1) is 8.12. The molecule has 0 bridgehead atoms. The van der Waals surface area contributed by atoms with E-state index in [9.17, 15) is 4.79 Å². The quantitative estimate of drug-likeness (QED) is 0.815. The van der Waals surface area contributed by atoms with Gasteiger partial charge in [-0.3, -0.25) is 4.79 Å². The van der Waals surface area contributed by atoms with Crippen LogP contribution in [0, 0.1) is 0 Å². The molecule has 94 valence electrons. The molecule has 1 aromatic carbocycles. The molecule has 0 fully saturated rings. The fraction of sp³-hybridized carbons (Fsp3) is 0.417. The van der Waals surface area contributed by atoms with E-state index in [1.807, 2.05) is 0 Å². The van der Waals surface area contributed by atoms with E-state index in [1.165, 1.54) is 7.11 Å². The molecular weight excluding hydrogens is 224 g/mol. The molecule has 0 saturated heterocycles. The summed E-state index contributed by atoms with van der Waals surface area (Å²) in [6.45, 7) is 0.361. The fourth-order valence-electron chi connectivity index (χ4n) is 1.61. The van der Waals surface area contributed by atoms with Crippen LogP contribution in [0.4, 0.5) is 0 Å². The van der Waals surface area contributed by atoms with Crippen LogP contribution in [0.25, 0.3) is 0 Å². The Labute approximate surface area is 99.9 Å². The van der Waals surface area contributed by atoms with Gasteiger partial charge in [0.05, 0.1) is 27.2 Å². The van der Waals surface area contributed by atoms with Crippen LogP contribution in [-0.2, 0) is 22.6 Å². The van der Waals surface area contributed by atoms with E-state index in [2.05, 4.69) is 0 Å². The lowest BCUT2D eigenvalue weighted by Gasteiger charge is -2.13. The third kappa shape index (κ3) is 3.35. The van der Waals surface area contributed by atoms with Gasteiger partial charge in [0.1, 0.15) is 11.5 Å². The van der Waals surface area contributed by atoms with Crippen LogP contribution in [0.2, 0.25) is 0 Å². The number of methoxy groups -OCH3 is 3. The van der Waals surface area contributed by atoms with Crippen LogP contribution >= 0.6 is 0 Å². The summed E-state index contributed by atoms with van der Waals surface area (Å²) in [4.78, 5) is 10.7. The minimum absolute atomic E-state index is 0.0934. The largest absolute Gasteiger partial charge is 0.496 e. The Morgan fingerprint density at radius 2 is 1.71 bits per heavy atom. The molecule has 0 aliphatic carbocycles. The highest BCUT2D eigenvalue weighted by molar-refractivity contribution is 5.72. The topological polar surface area (TPSA) is 65.0 Å². The lowest BCUT2D eigenvalue weighted by Crippen LogP contribution is -2.05. The summed E-state index contributed by atoms with van der Waals surface area (Å²) in [5, 5.41) is 8.82. The Balaban J connectivity index is 3.18. The third-order valence-electron chi connectivity index (χ3n) is 2.32. The Bertz CT molecular complexity index is 400. The third-order valence-corrected chi connectivity index (χ3v) is 2.32. The first-order valence-corrected chi connectivity index (χ1v) is 5.06. The summed E-state index contributed by atoms with van der Waals surface area (Å²) in [6.07, 6.45) is -0.0934. The van der Waals surface area contributed by atoms with E-state index in [0.29, 0.717) is 23.7 Å². The molecule has 1 N–H and O–H groups in total. The normalized spacial score (nSPS) is 10.1. The average molecular weight is 240 g/mol. The molecule has 1 aromatic rings. The highest BCUT2D eigenvalue weighted by Gasteiger charge is 2.13. The van der Waals surface area contributed by atoms with Gasteiger partial charge in [-0.15, -0.1) is 0 Å². The van der Waals surface area contributed by atoms with Gasteiger partial charge in [-0.2, -0.15) is 0 Å². The van der Waals surface area contributed by atoms with Gasteiger partial charge in [-0.05, 0) is 6.07 Å². The number of carbonyl (C=O) groups is 1. The average Bonchev–Trinajstić information content (AvgIpc) is 2.29. The Kier molecular flexibility index (Phi) is 4.78. The van der Waals surface area contributed by atoms with Crippen LogP contribution in [0.15, 0.2) is 12.1 Å². The minimum atomic E-state index is -0.906. The maximum absolute atomic E-state index is 10.7. The molecule has 0 aliphatic rings. The highest BCUT2D eigenvalue weighted by Crippen LogP contribution is 2.29. The van der Waals surface area contributed by atoms with Gasteiger partial charge < -0.3 is 19.3 Å². The number of ether oxygens (including phenoxy) is 3. The molecule has 17 heavy (non-hydrogen) atoms. The number of aliphatic carboxylic acids is 1. The molecule has 0 unspecified atom stereocenters. The van der Waals surface area contributed by atoms with Gasteiger partial charge in [-0.25, -0.2) is 0 Å². The molecule has 1 rings (SSSR count). The second kappa shape index (κ2) is 6.10.